The van der Waals surface area contributed by atoms with Gasteiger partial charge in [-0.2, -0.15) is 0 Å². The van der Waals surface area contributed by atoms with E-state index in [2.05, 4.69) is 22.7 Å². The minimum absolute atomic E-state index is 0.250. The van der Waals surface area contributed by atoms with Gasteiger partial charge in [0.1, 0.15) is 5.60 Å². The van der Waals surface area contributed by atoms with Crippen molar-refractivity contribution in [2.24, 2.45) is 11.7 Å². The predicted octanol–water partition coefficient (Wildman–Crippen LogP) is 1.07. The molecule has 1 fully saturated rings. The van der Waals surface area contributed by atoms with E-state index in [1.807, 2.05) is 20.8 Å². The molecule has 5 nitrogen and oxygen atoms in total. The lowest BCUT2D eigenvalue weighted by molar-refractivity contribution is -0.138. The maximum Gasteiger partial charge on any atom is 0.293 e. The third-order valence-corrected chi connectivity index (χ3v) is 2.14. The third-order valence-electron chi connectivity index (χ3n) is 2.14. The van der Waals surface area contributed by atoms with E-state index in [0.717, 1.165) is 5.92 Å². The van der Waals surface area contributed by atoms with Gasteiger partial charge < -0.3 is 15.8 Å². The lowest BCUT2D eigenvalue weighted by Gasteiger charge is -2.14. The van der Waals surface area contributed by atoms with Crippen molar-refractivity contribution in [3.63, 3.8) is 0 Å². The molecule has 0 saturated carbocycles. The van der Waals surface area contributed by atoms with Gasteiger partial charge in [0.25, 0.3) is 6.47 Å². The Morgan fingerprint density at radius 2 is 1.94 bits per heavy atom. The highest BCUT2D eigenvalue weighted by Gasteiger charge is 2.10. The molecule has 1 rings (SSSR count). The van der Waals surface area contributed by atoms with Crippen LogP contribution in [0.2, 0.25) is 0 Å². The highest BCUT2D eigenvalue weighted by Crippen LogP contribution is 2.09. The Morgan fingerprint density at radius 3 is 2.06 bits per heavy atom. The van der Waals surface area contributed by atoms with Gasteiger partial charge in [0.15, 0.2) is 0 Å². The van der Waals surface area contributed by atoms with Crippen molar-refractivity contribution in [3.05, 3.63) is 0 Å². The number of primary amides is 1. The summed E-state index contributed by atoms with van der Waals surface area (Å²) in [6.07, 6.45) is 3.00. The van der Waals surface area contributed by atoms with Gasteiger partial charge in [0.05, 0.1) is 0 Å². The third kappa shape index (κ3) is 17.5. The van der Waals surface area contributed by atoms with Crippen LogP contribution in [0.3, 0.4) is 0 Å². The summed E-state index contributed by atoms with van der Waals surface area (Å²) in [6, 6.07) is 0. The van der Waals surface area contributed by atoms with Crippen LogP contribution in [0.5, 0.6) is 0 Å². The first-order valence-corrected chi connectivity index (χ1v) is 5.88. The molecule has 0 aliphatic carbocycles. The number of hydrogen-bond donors (Lipinski definition) is 2. The molecular formula is C12H26N2O3. The molecule has 102 valence electrons. The summed E-state index contributed by atoms with van der Waals surface area (Å²) in [7, 11) is 0. The molecule has 1 atom stereocenters. The van der Waals surface area contributed by atoms with Gasteiger partial charge in [0, 0.05) is 0 Å². The summed E-state index contributed by atoms with van der Waals surface area (Å²) in [4.78, 5) is 18.2. The minimum Gasteiger partial charge on any atom is -0.462 e. The van der Waals surface area contributed by atoms with Crippen molar-refractivity contribution < 1.29 is 14.3 Å². The molecular weight excluding hydrogens is 220 g/mol. The van der Waals surface area contributed by atoms with Gasteiger partial charge >= 0.3 is 0 Å². The van der Waals surface area contributed by atoms with Gasteiger partial charge in [-0.1, -0.05) is 13.3 Å². The number of carbonyl (C=O) groups is 2. The first-order valence-electron chi connectivity index (χ1n) is 5.88. The van der Waals surface area contributed by atoms with Crippen LogP contribution in [0.25, 0.3) is 0 Å². The zero-order chi connectivity index (χ0) is 13.7. The van der Waals surface area contributed by atoms with Gasteiger partial charge in [0.2, 0.25) is 6.41 Å². The maximum absolute atomic E-state index is 9.60. The Labute approximate surface area is 104 Å². The number of carbonyl (C=O) groups excluding carboxylic acids is 2. The van der Waals surface area contributed by atoms with Crippen molar-refractivity contribution in [2.75, 3.05) is 13.1 Å². The van der Waals surface area contributed by atoms with Crippen molar-refractivity contribution in [1.82, 2.24) is 5.32 Å². The maximum atomic E-state index is 9.60. The first-order chi connectivity index (χ1) is 7.91. The summed E-state index contributed by atoms with van der Waals surface area (Å²) in [5, 5.41) is 3.32. The fraction of sp³-hybridized carbons (Fsp3) is 0.833. The quantitative estimate of drug-likeness (QED) is 0.714. The Hall–Kier alpha value is -1.10. The van der Waals surface area contributed by atoms with E-state index in [-0.39, 0.29) is 12.0 Å². The van der Waals surface area contributed by atoms with E-state index in [0.29, 0.717) is 6.47 Å². The van der Waals surface area contributed by atoms with E-state index in [9.17, 15) is 4.79 Å². The number of amides is 1. The average Bonchev–Trinajstić information content (AvgIpc) is 2.70. The zero-order valence-electron chi connectivity index (χ0n) is 11.4. The second-order valence-corrected chi connectivity index (χ2v) is 4.73. The van der Waals surface area contributed by atoms with E-state index < -0.39 is 0 Å². The van der Waals surface area contributed by atoms with Gasteiger partial charge in [-0.25, -0.2) is 0 Å². The number of rotatable bonds is 2. The molecule has 3 N–H and O–H groups in total. The van der Waals surface area contributed by atoms with E-state index in [1.54, 1.807) is 0 Å². The largest absolute Gasteiger partial charge is 0.462 e. The Balaban J connectivity index is 0. The molecule has 0 aromatic heterocycles. The lowest BCUT2D eigenvalue weighted by Crippen LogP contribution is -2.17. The van der Waals surface area contributed by atoms with Crippen molar-refractivity contribution in [3.8, 4) is 0 Å². The lowest BCUT2D eigenvalue weighted by atomic mass is 10.1. The highest BCUT2D eigenvalue weighted by molar-refractivity contribution is 5.42. The van der Waals surface area contributed by atoms with Gasteiger partial charge in [-0.05, 0) is 46.2 Å². The van der Waals surface area contributed by atoms with Crippen molar-refractivity contribution in [2.45, 2.75) is 46.1 Å². The molecule has 1 aliphatic heterocycles. The van der Waals surface area contributed by atoms with Crippen LogP contribution in [-0.4, -0.2) is 31.6 Å². The topological polar surface area (TPSA) is 81.4 Å². The van der Waals surface area contributed by atoms with Crippen LogP contribution in [0.4, 0.5) is 0 Å². The summed E-state index contributed by atoms with van der Waals surface area (Å²) in [5.74, 6) is 0.986. The standard InChI is InChI=1S/C6H13N.C5H10O2.CH3NO/c1-2-6-3-4-7-5-6;1-5(2,3)7-4-6;2-1-3/h6-7H,2-5H2,1H3;4H,1-3H3;1H,(H2,2,3). The monoisotopic (exact) mass is 246 g/mol. The summed E-state index contributed by atoms with van der Waals surface area (Å²) in [5.41, 5.74) is 3.85. The molecule has 17 heavy (non-hydrogen) atoms. The second-order valence-electron chi connectivity index (χ2n) is 4.73. The number of hydrogen-bond acceptors (Lipinski definition) is 4. The molecule has 1 unspecified atom stereocenters. The molecule has 0 aromatic rings. The molecule has 1 amide bonds. The molecule has 5 heteroatoms. The molecule has 0 bridgehead atoms. The molecule has 1 heterocycles. The second kappa shape index (κ2) is 11.4. The SMILES string of the molecule is CC(C)(C)OC=O.CCC1CCNC1.NC=O. The summed E-state index contributed by atoms with van der Waals surface area (Å²) >= 11 is 0. The van der Waals surface area contributed by atoms with Crippen molar-refractivity contribution >= 4 is 12.9 Å². The fourth-order valence-corrected chi connectivity index (χ4v) is 1.21. The Morgan fingerprint density at radius 1 is 1.41 bits per heavy atom. The molecule has 1 saturated heterocycles. The van der Waals surface area contributed by atoms with Crippen LogP contribution in [-0.2, 0) is 14.3 Å². The normalized spacial score (nSPS) is 18.0. The Bertz CT molecular complexity index is 185. The smallest absolute Gasteiger partial charge is 0.293 e. The van der Waals surface area contributed by atoms with E-state index in [1.165, 1.54) is 25.9 Å². The van der Waals surface area contributed by atoms with Crippen LogP contribution in [0.15, 0.2) is 0 Å². The average molecular weight is 246 g/mol. The van der Waals surface area contributed by atoms with Crippen molar-refractivity contribution in [1.29, 1.82) is 0 Å². The van der Waals surface area contributed by atoms with Crippen LogP contribution >= 0.6 is 0 Å². The van der Waals surface area contributed by atoms with Crippen LogP contribution in [0, 0.1) is 5.92 Å². The predicted molar refractivity (Wildman–Crippen MR) is 68.4 cm³/mol. The number of ether oxygens (including phenoxy) is 1. The van der Waals surface area contributed by atoms with Gasteiger partial charge in [-0.15, -0.1) is 0 Å². The first kappa shape index (κ1) is 18.3. The van der Waals surface area contributed by atoms with Gasteiger partial charge in [-0.3, -0.25) is 9.59 Å². The molecule has 0 aromatic carbocycles. The van der Waals surface area contributed by atoms with Crippen LogP contribution in [0.1, 0.15) is 40.5 Å². The van der Waals surface area contributed by atoms with E-state index in [4.69, 9.17) is 4.79 Å². The highest BCUT2D eigenvalue weighted by atomic mass is 16.5. The summed E-state index contributed by atoms with van der Waals surface area (Å²) < 4.78 is 4.55. The zero-order valence-corrected chi connectivity index (χ0v) is 11.4. The molecule has 0 spiro atoms. The van der Waals surface area contributed by atoms with Crippen LogP contribution < -0.4 is 11.1 Å². The van der Waals surface area contributed by atoms with E-state index >= 15 is 0 Å². The molecule has 1 aliphatic rings. The number of nitrogens with two attached hydrogens (primary N) is 1. The fourth-order valence-electron chi connectivity index (χ4n) is 1.21. The molecule has 0 radical (unpaired) electrons. The number of nitrogens with one attached hydrogen (secondary N) is 1. The summed E-state index contributed by atoms with van der Waals surface area (Å²) in [6.45, 7) is 10.7. The minimum atomic E-state index is -0.318. The Kier molecular flexibility index (Phi) is 12.2.